The fourth-order valence-electron chi connectivity index (χ4n) is 1.41. The van der Waals surface area contributed by atoms with E-state index in [2.05, 4.69) is 4.98 Å². The summed E-state index contributed by atoms with van der Waals surface area (Å²) in [6, 6.07) is 9.16. The Kier molecular flexibility index (Phi) is 1.89. The average molecular weight is 175 g/mol. The number of hydrogen-bond acceptors (Lipinski definition) is 0. The first-order chi connectivity index (χ1) is 6.29. The maximum absolute atomic E-state index is 13.2. The van der Waals surface area contributed by atoms with Crippen LogP contribution in [0.2, 0.25) is 0 Å². The van der Waals surface area contributed by atoms with E-state index in [-0.39, 0.29) is 5.82 Å². The van der Waals surface area contributed by atoms with Gasteiger partial charge in [0.15, 0.2) is 0 Å². The number of aromatic nitrogens is 1. The fourth-order valence-corrected chi connectivity index (χ4v) is 1.41. The second kappa shape index (κ2) is 3.05. The minimum atomic E-state index is -0.200. The van der Waals surface area contributed by atoms with Gasteiger partial charge in [0.2, 0.25) is 0 Å². The molecule has 0 aliphatic rings. The van der Waals surface area contributed by atoms with E-state index in [1.54, 1.807) is 6.20 Å². The lowest BCUT2D eigenvalue weighted by Gasteiger charge is -2.02. The Hall–Kier alpha value is -1.57. The largest absolute Gasteiger partial charge is 0.359 e. The highest BCUT2D eigenvalue weighted by Gasteiger charge is 2.06. The van der Waals surface area contributed by atoms with Gasteiger partial charge in [0.05, 0.1) is 5.69 Å². The molecule has 66 valence electrons. The molecule has 0 bridgehead atoms. The van der Waals surface area contributed by atoms with Crippen molar-refractivity contribution in [3.63, 3.8) is 0 Å². The smallest absolute Gasteiger partial charge is 0.148 e. The van der Waals surface area contributed by atoms with Crippen LogP contribution in [0.25, 0.3) is 11.3 Å². The van der Waals surface area contributed by atoms with Gasteiger partial charge in [-0.15, -0.1) is 0 Å². The number of rotatable bonds is 1. The minimum absolute atomic E-state index is 0.200. The van der Waals surface area contributed by atoms with Gasteiger partial charge in [-0.25, -0.2) is 4.39 Å². The molecule has 1 nitrogen and oxygen atoms in total. The maximum Gasteiger partial charge on any atom is 0.148 e. The Labute approximate surface area is 76.2 Å². The normalized spacial score (nSPS) is 10.3. The average Bonchev–Trinajstić information content (AvgIpc) is 2.52. The number of H-pyrrole nitrogens is 1. The van der Waals surface area contributed by atoms with Crippen LogP contribution in [0.1, 0.15) is 5.56 Å². The van der Waals surface area contributed by atoms with Gasteiger partial charge in [-0.2, -0.15) is 0 Å². The van der Waals surface area contributed by atoms with Crippen molar-refractivity contribution in [1.29, 1.82) is 0 Å². The summed E-state index contributed by atoms with van der Waals surface area (Å²) in [6.45, 7) is 1.97. The van der Waals surface area contributed by atoms with Gasteiger partial charge in [-0.1, -0.05) is 24.3 Å². The van der Waals surface area contributed by atoms with Crippen LogP contribution in [0.3, 0.4) is 0 Å². The molecule has 0 fully saturated rings. The summed E-state index contributed by atoms with van der Waals surface area (Å²) in [7, 11) is 0. The first-order valence-corrected chi connectivity index (χ1v) is 4.18. The standard InChI is InChI=1S/C11H10FN/c1-8-4-2-3-5-9(8)11-10(12)6-7-13-11/h2-7,13H,1H3. The summed E-state index contributed by atoms with van der Waals surface area (Å²) < 4.78 is 13.2. The van der Waals surface area contributed by atoms with Crippen molar-refractivity contribution in [3.05, 3.63) is 47.9 Å². The summed E-state index contributed by atoms with van der Waals surface area (Å²) in [5, 5.41) is 0. The Balaban J connectivity index is 2.59. The van der Waals surface area contributed by atoms with Crippen molar-refractivity contribution in [3.8, 4) is 11.3 Å². The molecule has 1 N–H and O–H groups in total. The monoisotopic (exact) mass is 175 g/mol. The molecule has 0 unspecified atom stereocenters. The summed E-state index contributed by atoms with van der Waals surface area (Å²) in [4.78, 5) is 2.89. The minimum Gasteiger partial charge on any atom is -0.359 e. The van der Waals surface area contributed by atoms with Gasteiger partial charge in [-0.3, -0.25) is 0 Å². The van der Waals surface area contributed by atoms with Crippen LogP contribution >= 0.6 is 0 Å². The van der Waals surface area contributed by atoms with Gasteiger partial charge in [0, 0.05) is 11.8 Å². The Morgan fingerprint density at radius 2 is 1.92 bits per heavy atom. The lowest BCUT2D eigenvalue weighted by molar-refractivity contribution is 0.633. The third kappa shape index (κ3) is 1.35. The van der Waals surface area contributed by atoms with Crippen LogP contribution in [0.5, 0.6) is 0 Å². The second-order valence-electron chi connectivity index (χ2n) is 3.02. The molecule has 2 heteroatoms. The molecule has 0 spiro atoms. The van der Waals surface area contributed by atoms with Crippen molar-refractivity contribution < 1.29 is 4.39 Å². The highest BCUT2D eigenvalue weighted by Crippen LogP contribution is 2.23. The zero-order valence-electron chi connectivity index (χ0n) is 7.34. The van der Waals surface area contributed by atoms with Gasteiger partial charge in [-0.05, 0) is 18.6 Å². The predicted molar refractivity (Wildman–Crippen MR) is 50.9 cm³/mol. The third-order valence-corrected chi connectivity index (χ3v) is 2.11. The lowest BCUT2D eigenvalue weighted by atomic mass is 10.1. The van der Waals surface area contributed by atoms with E-state index in [0.717, 1.165) is 11.1 Å². The number of nitrogens with one attached hydrogen (secondary N) is 1. The van der Waals surface area contributed by atoms with Gasteiger partial charge < -0.3 is 4.98 Å². The Morgan fingerprint density at radius 1 is 1.15 bits per heavy atom. The van der Waals surface area contributed by atoms with Crippen LogP contribution in [0.4, 0.5) is 4.39 Å². The van der Waals surface area contributed by atoms with E-state index in [1.807, 2.05) is 31.2 Å². The zero-order chi connectivity index (χ0) is 9.26. The molecule has 1 heterocycles. The van der Waals surface area contributed by atoms with Crippen LogP contribution in [0, 0.1) is 12.7 Å². The molecule has 0 atom stereocenters. The van der Waals surface area contributed by atoms with E-state index < -0.39 is 0 Å². The molecule has 0 aliphatic heterocycles. The molecule has 0 amide bonds. The molecule has 2 rings (SSSR count). The van der Waals surface area contributed by atoms with Crippen molar-refractivity contribution in [2.24, 2.45) is 0 Å². The SMILES string of the molecule is Cc1ccccc1-c1[nH]ccc1F. The van der Waals surface area contributed by atoms with Crippen molar-refractivity contribution in [2.75, 3.05) is 0 Å². The maximum atomic E-state index is 13.2. The van der Waals surface area contributed by atoms with Crippen LogP contribution in [-0.4, -0.2) is 4.98 Å². The number of aromatic amines is 1. The van der Waals surface area contributed by atoms with Crippen LogP contribution in [-0.2, 0) is 0 Å². The van der Waals surface area contributed by atoms with Crippen molar-refractivity contribution in [2.45, 2.75) is 6.92 Å². The molecule has 0 aliphatic carbocycles. The van der Waals surface area contributed by atoms with Gasteiger partial charge >= 0.3 is 0 Å². The predicted octanol–water partition coefficient (Wildman–Crippen LogP) is 3.13. The number of hydrogen-bond donors (Lipinski definition) is 1. The molecule has 2 aromatic rings. The van der Waals surface area contributed by atoms with E-state index in [9.17, 15) is 4.39 Å². The molecular weight excluding hydrogens is 165 g/mol. The number of halogens is 1. The summed E-state index contributed by atoms with van der Waals surface area (Å²) in [5.41, 5.74) is 2.56. The van der Waals surface area contributed by atoms with Gasteiger partial charge in [0.25, 0.3) is 0 Å². The first-order valence-electron chi connectivity index (χ1n) is 4.18. The fraction of sp³-hybridized carbons (Fsp3) is 0.0909. The van der Waals surface area contributed by atoms with E-state index >= 15 is 0 Å². The summed E-state index contributed by atoms with van der Waals surface area (Å²) in [6.07, 6.45) is 1.61. The number of aryl methyl sites for hydroxylation is 1. The van der Waals surface area contributed by atoms with Crippen molar-refractivity contribution >= 4 is 0 Å². The molecule has 13 heavy (non-hydrogen) atoms. The van der Waals surface area contributed by atoms with Crippen LogP contribution in [0.15, 0.2) is 36.5 Å². The number of benzene rings is 1. The molecule has 0 saturated heterocycles. The summed E-state index contributed by atoms with van der Waals surface area (Å²) >= 11 is 0. The molecule has 0 saturated carbocycles. The highest BCUT2D eigenvalue weighted by molar-refractivity contribution is 5.63. The van der Waals surface area contributed by atoms with Crippen molar-refractivity contribution in [1.82, 2.24) is 4.98 Å². The molecule has 1 aromatic heterocycles. The highest BCUT2D eigenvalue weighted by atomic mass is 19.1. The first kappa shape index (κ1) is 8.05. The Bertz CT molecular complexity index is 418. The second-order valence-corrected chi connectivity index (χ2v) is 3.02. The van der Waals surface area contributed by atoms with Gasteiger partial charge in [0.1, 0.15) is 5.82 Å². The zero-order valence-corrected chi connectivity index (χ0v) is 7.34. The Morgan fingerprint density at radius 3 is 2.54 bits per heavy atom. The topological polar surface area (TPSA) is 15.8 Å². The van der Waals surface area contributed by atoms with E-state index in [4.69, 9.17) is 0 Å². The van der Waals surface area contributed by atoms with E-state index in [0.29, 0.717) is 5.69 Å². The molecular formula is C11H10FN. The summed E-state index contributed by atoms with van der Waals surface area (Å²) in [5.74, 6) is -0.200. The lowest BCUT2D eigenvalue weighted by Crippen LogP contribution is -1.84. The molecule has 0 radical (unpaired) electrons. The molecule has 1 aromatic carbocycles. The quantitative estimate of drug-likeness (QED) is 0.685. The van der Waals surface area contributed by atoms with Crippen LogP contribution < -0.4 is 0 Å². The third-order valence-electron chi connectivity index (χ3n) is 2.11. The van der Waals surface area contributed by atoms with E-state index in [1.165, 1.54) is 6.07 Å².